The lowest BCUT2D eigenvalue weighted by Gasteiger charge is -1.93. The first kappa shape index (κ1) is 8.48. The van der Waals surface area contributed by atoms with E-state index in [1.165, 1.54) is 17.9 Å². The monoisotopic (exact) mass is 188 g/mol. The molecule has 6 heteroatoms. The molecule has 0 saturated carbocycles. The molecule has 11 heavy (non-hydrogen) atoms. The Morgan fingerprint density at radius 1 is 1.82 bits per heavy atom. The average Bonchev–Trinajstić information content (AvgIpc) is 2.39. The van der Waals surface area contributed by atoms with E-state index in [9.17, 15) is 0 Å². The van der Waals surface area contributed by atoms with Crippen molar-refractivity contribution < 1.29 is 0 Å². The van der Waals surface area contributed by atoms with Crippen molar-refractivity contribution in [3.8, 4) is 0 Å². The van der Waals surface area contributed by atoms with Gasteiger partial charge in [0.2, 0.25) is 0 Å². The summed E-state index contributed by atoms with van der Waals surface area (Å²) in [5, 5.41) is 6.95. The molecular formula is C5H8N4S2. The lowest BCUT2D eigenvalue weighted by atomic mass is 10.5. The van der Waals surface area contributed by atoms with Gasteiger partial charge in [0.25, 0.3) is 0 Å². The Kier molecular flexibility index (Phi) is 3.31. The molecule has 1 aromatic heterocycles. The largest absolute Gasteiger partial charge is 0.388 e. The number of aromatic nitrogens is 2. The molecule has 0 atom stereocenters. The molecule has 0 aliphatic rings. The van der Waals surface area contributed by atoms with Crippen LogP contribution in [0.2, 0.25) is 0 Å². The third kappa shape index (κ3) is 3.33. The maximum Gasteiger partial charge on any atom is 0.169 e. The van der Waals surface area contributed by atoms with Gasteiger partial charge in [0.15, 0.2) is 4.34 Å². The van der Waals surface area contributed by atoms with Gasteiger partial charge in [0.1, 0.15) is 6.33 Å². The number of nitrogens with two attached hydrogens (primary N) is 1. The molecule has 0 aliphatic carbocycles. The molecule has 3 N–H and O–H groups in total. The minimum atomic E-state index is 0.224. The highest BCUT2D eigenvalue weighted by molar-refractivity contribution is 8.00. The van der Waals surface area contributed by atoms with Crippen molar-refractivity contribution in [1.82, 2.24) is 9.36 Å². The summed E-state index contributed by atoms with van der Waals surface area (Å²) in [6.45, 7) is 0. The van der Waals surface area contributed by atoms with Crippen LogP contribution in [0.25, 0.3) is 0 Å². The molecule has 0 saturated heterocycles. The van der Waals surface area contributed by atoms with E-state index in [1.54, 1.807) is 11.8 Å². The smallest absolute Gasteiger partial charge is 0.169 e. The van der Waals surface area contributed by atoms with Crippen LogP contribution in [0.1, 0.15) is 6.42 Å². The number of rotatable bonds is 4. The van der Waals surface area contributed by atoms with Crippen LogP contribution in [-0.2, 0) is 0 Å². The fourth-order valence-electron chi connectivity index (χ4n) is 0.475. The number of hydrogen-bond donors (Lipinski definition) is 2. The highest BCUT2D eigenvalue weighted by Crippen LogP contribution is 2.18. The number of thioether (sulfide) groups is 1. The fourth-order valence-corrected chi connectivity index (χ4v) is 1.96. The van der Waals surface area contributed by atoms with Crippen LogP contribution < -0.4 is 5.73 Å². The van der Waals surface area contributed by atoms with Gasteiger partial charge in [0, 0.05) is 12.2 Å². The molecule has 0 amide bonds. The van der Waals surface area contributed by atoms with Crippen LogP contribution in [-0.4, -0.2) is 20.9 Å². The van der Waals surface area contributed by atoms with Gasteiger partial charge in [-0.25, -0.2) is 4.98 Å². The highest BCUT2D eigenvalue weighted by Gasteiger charge is 1.97. The van der Waals surface area contributed by atoms with Crippen LogP contribution in [0, 0.1) is 5.41 Å². The first-order chi connectivity index (χ1) is 5.29. The zero-order valence-electron chi connectivity index (χ0n) is 5.78. The van der Waals surface area contributed by atoms with Crippen LogP contribution >= 0.6 is 23.3 Å². The number of amidine groups is 1. The summed E-state index contributed by atoms with van der Waals surface area (Å²) in [5.74, 6) is 1.03. The van der Waals surface area contributed by atoms with Crippen molar-refractivity contribution in [2.45, 2.75) is 10.8 Å². The lowest BCUT2D eigenvalue weighted by Crippen LogP contribution is -2.09. The molecular weight excluding hydrogens is 180 g/mol. The Balaban J connectivity index is 2.19. The summed E-state index contributed by atoms with van der Waals surface area (Å²) in [4.78, 5) is 3.97. The minimum absolute atomic E-state index is 0.224. The second-order valence-corrected chi connectivity index (χ2v) is 3.95. The van der Waals surface area contributed by atoms with E-state index >= 15 is 0 Å². The fraction of sp³-hybridized carbons (Fsp3) is 0.400. The molecule has 4 nitrogen and oxygen atoms in total. The van der Waals surface area contributed by atoms with Gasteiger partial charge in [0.05, 0.1) is 5.84 Å². The average molecular weight is 188 g/mol. The zero-order chi connectivity index (χ0) is 8.10. The van der Waals surface area contributed by atoms with Gasteiger partial charge in [-0.3, -0.25) is 5.41 Å². The third-order valence-corrected chi connectivity index (χ3v) is 2.74. The van der Waals surface area contributed by atoms with Crippen molar-refractivity contribution in [1.29, 1.82) is 5.41 Å². The highest BCUT2D eigenvalue weighted by atomic mass is 32.2. The van der Waals surface area contributed by atoms with E-state index in [-0.39, 0.29) is 5.84 Å². The van der Waals surface area contributed by atoms with Crippen molar-refractivity contribution in [2.75, 3.05) is 5.75 Å². The summed E-state index contributed by atoms with van der Waals surface area (Å²) in [7, 11) is 0. The minimum Gasteiger partial charge on any atom is -0.388 e. The quantitative estimate of drug-likeness (QED) is 0.419. The number of nitrogens with one attached hydrogen (secondary N) is 1. The van der Waals surface area contributed by atoms with Crippen molar-refractivity contribution >= 4 is 29.1 Å². The maximum atomic E-state index is 6.95. The summed E-state index contributed by atoms with van der Waals surface area (Å²) < 4.78 is 4.78. The number of nitrogens with zero attached hydrogens (tertiary/aromatic N) is 2. The predicted molar refractivity (Wildman–Crippen MR) is 47.2 cm³/mol. The predicted octanol–water partition coefficient (Wildman–Crippen LogP) is 0.956. The molecule has 0 fully saturated rings. The van der Waals surface area contributed by atoms with Gasteiger partial charge < -0.3 is 5.73 Å². The molecule has 1 aromatic rings. The molecule has 0 bridgehead atoms. The summed E-state index contributed by atoms with van der Waals surface area (Å²) in [6, 6.07) is 0. The lowest BCUT2D eigenvalue weighted by molar-refractivity contribution is 1.19. The Labute approximate surface area is 72.9 Å². The Morgan fingerprint density at radius 2 is 2.64 bits per heavy atom. The van der Waals surface area contributed by atoms with Crippen LogP contribution in [0.3, 0.4) is 0 Å². The Hall–Kier alpha value is -0.620. The molecule has 1 heterocycles. The molecule has 1 rings (SSSR count). The summed E-state index contributed by atoms with van der Waals surface area (Å²) >= 11 is 2.94. The normalized spacial score (nSPS) is 9.82. The Bertz CT molecular complexity index is 220. The van der Waals surface area contributed by atoms with Crippen LogP contribution in [0.5, 0.6) is 0 Å². The van der Waals surface area contributed by atoms with E-state index in [4.69, 9.17) is 11.1 Å². The van der Waals surface area contributed by atoms with E-state index in [0.717, 1.165) is 10.1 Å². The zero-order valence-corrected chi connectivity index (χ0v) is 7.41. The molecule has 0 aliphatic heterocycles. The first-order valence-electron chi connectivity index (χ1n) is 3.01. The molecule has 0 aromatic carbocycles. The Morgan fingerprint density at radius 3 is 3.18 bits per heavy atom. The van der Waals surface area contributed by atoms with Gasteiger partial charge in [-0.1, -0.05) is 11.8 Å². The molecule has 0 unspecified atom stereocenters. The van der Waals surface area contributed by atoms with Crippen molar-refractivity contribution in [3.05, 3.63) is 6.33 Å². The van der Waals surface area contributed by atoms with Crippen LogP contribution in [0.4, 0.5) is 0 Å². The second-order valence-electron chi connectivity index (χ2n) is 1.83. The maximum absolute atomic E-state index is 6.95. The van der Waals surface area contributed by atoms with Gasteiger partial charge in [-0.2, -0.15) is 4.37 Å². The van der Waals surface area contributed by atoms with Crippen LogP contribution in [0.15, 0.2) is 10.7 Å². The first-order valence-corrected chi connectivity index (χ1v) is 4.77. The van der Waals surface area contributed by atoms with Crippen molar-refractivity contribution in [3.63, 3.8) is 0 Å². The molecule has 0 spiro atoms. The second kappa shape index (κ2) is 4.30. The van der Waals surface area contributed by atoms with Gasteiger partial charge >= 0.3 is 0 Å². The topological polar surface area (TPSA) is 75.7 Å². The van der Waals surface area contributed by atoms with Crippen molar-refractivity contribution in [2.24, 2.45) is 5.73 Å². The summed E-state index contributed by atoms with van der Waals surface area (Å²) in [6.07, 6.45) is 2.14. The third-order valence-electron chi connectivity index (χ3n) is 0.938. The molecule has 60 valence electrons. The van der Waals surface area contributed by atoms with Gasteiger partial charge in [-0.05, 0) is 11.5 Å². The SMILES string of the molecule is N=C(N)CCSc1ncns1. The van der Waals surface area contributed by atoms with E-state index in [0.29, 0.717) is 6.42 Å². The van der Waals surface area contributed by atoms with E-state index < -0.39 is 0 Å². The standard InChI is InChI=1S/C5H8N4S2/c6-4(7)1-2-10-5-8-3-9-11-5/h3H,1-2H2,(H3,6,7). The molecule has 0 radical (unpaired) electrons. The van der Waals surface area contributed by atoms with E-state index in [1.807, 2.05) is 0 Å². The van der Waals surface area contributed by atoms with E-state index in [2.05, 4.69) is 9.36 Å². The number of hydrogen-bond acceptors (Lipinski definition) is 5. The van der Waals surface area contributed by atoms with Gasteiger partial charge in [-0.15, -0.1) is 0 Å². The summed E-state index contributed by atoms with van der Waals surface area (Å²) in [5.41, 5.74) is 5.17.